The van der Waals surface area contributed by atoms with E-state index in [-0.39, 0.29) is 5.92 Å². The van der Waals surface area contributed by atoms with E-state index < -0.39 is 60.8 Å². The van der Waals surface area contributed by atoms with Gasteiger partial charge in [0, 0.05) is 17.6 Å². The molecule has 1 fully saturated rings. The van der Waals surface area contributed by atoms with E-state index in [1.165, 1.54) is 11.3 Å². The molecule has 3 heterocycles. The molecular weight excluding hydrogens is 612 g/mol. The highest BCUT2D eigenvalue weighted by Crippen LogP contribution is 2.35. The van der Waals surface area contributed by atoms with Crippen molar-refractivity contribution in [3.8, 4) is 10.6 Å². The number of aromatic nitrogens is 1. The smallest absolute Gasteiger partial charge is 0.408 e. The van der Waals surface area contributed by atoms with Gasteiger partial charge in [-0.05, 0) is 56.0 Å². The largest absolute Gasteiger partial charge is 0.463 e. The molecule has 0 aliphatic carbocycles. The normalized spacial score (nSPS) is 23.5. The average molecular weight is 651 g/mol. The highest BCUT2D eigenvalue weighted by atomic mass is 35.5. The third kappa shape index (κ3) is 8.38. The van der Waals surface area contributed by atoms with Crippen molar-refractivity contribution in [3.05, 3.63) is 63.9 Å². The van der Waals surface area contributed by atoms with Crippen molar-refractivity contribution in [2.75, 3.05) is 6.61 Å². The third-order valence-electron chi connectivity index (χ3n) is 7.30. The number of furan rings is 1. The molecule has 44 heavy (non-hydrogen) atoms. The molecule has 1 saturated heterocycles. The Morgan fingerprint density at radius 3 is 2.57 bits per heavy atom. The lowest BCUT2D eigenvalue weighted by atomic mass is 9.90. The molecule has 2 aromatic heterocycles. The number of carbonyl (C=O) groups excluding carboxylic acids is 2. The fourth-order valence-corrected chi connectivity index (χ4v) is 5.81. The molecule has 0 radical (unpaired) electrons. The Kier molecular flexibility index (Phi) is 11.1. The molecule has 1 amide bonds. The molecule has 0 bridgehead atoms. The molecule has 1 aliphatic heterocycles. The molecule has 4 rings (SSSR count). The Balaban J connectivity index is 1.46. The number of carbonyl (C=O) groups is 2. The highest BCUT2D eigenvalue weighted by molar-refractivity contribution is 7.15. The summed E-state index contributed by atoms with van der Waals surface area (Å²) in [5.41, 5.74) is 0.463. The van der Waals surface area contributed by atoms with Gasteiger partial charge in [0.15, 0.2) is 0 Å². The Hall–Kier alpha value is -3.00. The van der Waals surface area contributed by atoms with Gasteiger partial charge in [0.05, 0.1) is 16.1 Å². The molecule has 1 aliphatic rings. The quantitative estimate of drug-likeness (QED) is 0.227. The van der Waals surface area contributed by atoms with Gasteiger partial charge in [-0.1, -0.05) is 44.0 Å². The lowest BCUT2D eigenvalue weighted by Crippen LogP contribution is -2.56. The summed E-state index contributed by atoms with van der Waals surface area (Å²) in [4.78, 5) is 30.8. The lowest BCUT2D eigenvalue weighted by Gasteiger charge is -2.40. The molecule has 0 saturated carbocycles. The number of ether oxygens (including phenoxy) is 3. The van der Waals surface area contributed by atoms with Gasteiger partial charge in [-0.3, -0.25) is 0 Å². The van der Waals surface area contributed by atoms with Crippen LogP contribution in [0.1, 0.15) is 63.3 Å². The van der Waals surface area contributed by atoms with E-state index in [0.29, 0.717) is 34.8 Å². The maximum atomic E-state index is 13.1. The number of halogens is 1. The summed E-state index contributed by atoms with van der Waals surface area (Å²) in [5, 5.41) is 36.0. The molecule has 3 aromatic rings. The summed E-state index contributed by atoms with van der Waals surface area (Å²) in [6.45, 7) is 8.35. The molecule has 11 nitrogen and oxygen atoms in total. The van der Waals surface area contributed by atoms with Crippen LogP contribution in [0.2, 0.25) is 5.02 Å². The zero-order chi connectivity index (χ0) is 32.2. The topological polar surface area (TPSA) is 161 Å². The maximum Gasteiger partial charge on any atom is 0.408 e. The van der Waals surface area contributed by atoms with Crippen molar-refractivity contribution >= 4 is 35.0 Å². The second kappa shape index (κ2) is 14.4. The van der Waals surface area contributed by atoms with Crippen LogP contribution >= 0.6 is 22.9 Å². The summed E-state index contributed by atoms with van der Waals surface area (Å²) >= 11 is 7.96. The number of hydrogen-bond acceptors (Lipinski definition) is 11. The number of aliphatic hydroxyl groups excluding tert-OH is 3. The Labute approximate surface area is 265 Å². The first-order valence-electron chi connectivity index (χ1n) is 14.4. The Bertz CT molecular complexity index is 1410. The van der Waals surface area contributed by atoms with Crippen LogP contribution in [0.4, 0.5) is 4.79 Å². The maximum absolute atomic E-state index is 13.1. The van der Waals surface area contributed by atoms with Crippen LogP contribution in [0, 0.1) is 5.92 Å². The molecular formula is C31H39ClN2O9S. The molecule has 13 heteroatoms. The first kappa shape index (κ1) is 33.9. The molecule has 7 atom stereocenters. The predicted octanol–water partition coefficient (Wildman–Crippen LogP) is 4.65. The average Bonchev–Trinajstić information content (AvgIpc) is 3.67. The minimum atomic E-state index is -1.59. The number of alkyl carbamates (subject to hydrolysis) is 1. The number of esters is 1. The number of nitrogens with one attached hydrogen (secondary N) is 1. The van der Waals surface area contributed by atoms with Gasteiger partial charge in [-0.25, -0.2) is 14.6 Å². The summed E-state index contributed by atoms with van der Waals surface area (Å²) in [7, 11) is 0. The Morgan fingerprint density at radius 1 is 1.16 bits per heavy atom. The number of thiazole rings is 1. The van der Waals surface area contributed by atoms with E-state index in [9.17, 15) is 24.9 Å². The zero-order valence-electron chi connectivity index (χ0n) is 25.2. The SMILES string of the molecule is CCC(C)C(NC(=O)OC(C)(C)C)C(=O)OC[C@@H]1O[C@@H](c2ccc(Cl)c(Cc3ncc(-c4ccco4)s3)c2)[C@H](O)[C@@H](O)[C@@H]1O. The standard InChI is InChI=1S/C31H39ClN2O9S/c1-6-16(2)24(34-30(39)43-31(3,4)5)29(38)41-15-21-25(35)26(36)27(37)28(42-21)17-9-10-19(32)18(12-17)13-23-33-14-22(44-23)20-8-7-11-40-20/h7-12,14,16,21,24-28,35-37H,6,13,15H2,1-5H3,(H,34,39)/t16?,21-,24?,25+,26-,27+,28-/m0/s1. The number of benzene rings is 1. The van der Waals surface area contributed by atoms with Crippen LogP contribution in [0.25, 0.3) is 10.6 Å². The van der Waals surface area contributed by atoms with Gasteiger partial charge in [0.1, 0.15) is 54.5 Å². The van der Waals surface area contributed by atoms with Crippen LogP contribution in [-0.2, 0) is 25.4 Å². The zero-order valence-corrected chi connectivity index (χ0v) is 26.8. The van der Waals surface area contributed by atoms with E-state index in [1.54, 1.807) is 64.4 Å². The highest BCUT2D eigenvalue weighted by Gasteiger charge is 2.45. The first-order chi connectivity index (χ1) is 20.8. The number of hydrogen-bond donors (Lipinski definition) is 4. The molecule has 240 valence electrons. The third-order valence-corrected chi connectivity index (χ3v) is 8.68. The van der Waals surface area contributed by atoms with Gasteiger partial charge in [0.25, 0.3) is 0 Å². The molecule has 2 unspecified atom stereocenters. The summed E-state index contributed by atoms with van der Waals surface area (Å²) in [6, 6.07) is 7.71. The van der Waals surface area contributed by atoms with E-state index >= 15 is 0 Å². The van der Waals surface area contributed by atoms with E-state index in [1.807, 2.05) is 13.0 Å². The minimum Gasteiger partial charge on any atom is -0.463 e. The van der Waals surface area contributed by atoms with Crippen LogP contribution in [-0.4, -0.2) is 75.0 Å². The fourth-order valence-electron chi connectivity index (χ4n) is 4.72. The summed E-state index contributed by atoms with van der Waals surface area (Å²) < 4.78 is 22.2. The van der Waals surface area contributed by atoms with Crippen molar-refractivity contribution in [1.82, 2.24) is 10.3 Å². The van der Waals surface area contributed by atoms with Crippen LogP contribution in [0.15, 0.2) is 47.2 Å². The fraction of sp³-hybridized carbons (Fsp3) is 0.516. The second-order valence-corrected chi connectivity index (χ2v) is 13.4. The van der Waals surface area contributed by atoms with Gasteiger partial charge >= 0.3 is 12.1 Å². The minimum absolute atomic E-state index is 0.284. The van der Waals surface area contributed by atoms with Gasteiger partial charge in [-0.2, -0.15) is 0 Å². The Morgan fingerprint density at radius 2 is 1.91 bits per heavy atom. The van der Waals surface area contributed by atoms with Crippen LogP contribution < -0.4 is 5.32 Å². The number of aliphatic hydroxyl groups is 3. The van der Waals surface area contributed by atoms with Gasteiger partial charge in [0.2, 0.25) is 0 Å². The van der Waals surface area contributed by atoms with Gasteiger partial charge in [-0.15, -0.1) is 11.3 Å². The van der Waals surface area contributed by atoms with E-state index in [0.717, 1.165) is 9.88 Å². The van der Waals surface area contributed by atoms with Crippen LogP contribution in [0.3, 0.4) is 0 Å². The van der Waals surface area contributed by atoms with Crippen LogP contribution in [0.5, 0.6) is 0 Å². The second-order valence-electron chi connectivity index (χ2n) is 11.8. The number of nitrogens with zero attached hydrogens (tertiary/aromatic N) is 1. The summed E-state index contributed by atoms with van der Waals surface area (Å²) in [6.07, 6.45) is -3.32. The molecule has 0 spiro atoms. The summed E-state index contributed by atoms with van der Waals surface area (Å²) in [5.74, 6) is -0.320. The number of rotatable bonds is 10. The monoisotopic (exact) mass is 650 g/mol. The van der Waals surface area contributed by atoms with Crippen molar-refractivity contribution in [2.45, 2.75) is 89.6 Å². The van der Waals surface area contributed by atoms with E-state index in [2.05, 4.69) is 10.3 Å². The van der Waals surface area contributed by atoms with Crippen molar-refractivity contribution < 1.29 is 43.5 Å². The lowest BCUT2D eigenvalue weighted by molar-refractivity contribution is -0.234. The first-order valence-corrected chi connectivity index (χ1v) is 15.6. The molecule has 1 aromatic carbocycles. The predicted molar refractivity (Wildman–Crippen MR) is 163 cm³/mol. The van der Waals surface area contributed by atoms with E-state index in [4.69, 9.17) is 30.2 Å². The van der Waals surface area contributed by atoms with Gasteiger partial charge < -0.3 is 39.3 Å². The number of amides is 1. The van der Waals surface area contributed by atoms with Crippen molar-refractivity contribution in [3.63, 3.8) is 0 Å². The molecule has 4 N–H and O–H groups in total. The van der Waals surface area contributed by atoms with Crippen molar-refractivity contribution in [1.29, 1.82) is 0 Å². The van der Waals surface area contributed by atoms with Crippen molar-refractivity contribution in [2.24, 2.45) is 5.92 Å².